The molecule has 288 valence electrons. The number of fused-ring (bicyclic) bond motifs is 3. The van der Waals surface area contributed by atoms with Gasteiger partial charge in [0.05, 0.1) is 39.1 Å². The van der Waals surface area contributed by atoms with Crippen molar-refractivity contribution < 1.29 is 0 Å². The molecule has 0 fully saturated rings. The van der Waals surface area contributed by atoms with Gasteiger partial charge in [-0.2, -0.15) is 0 Å². The molecule has 2 aromatic heterocycles. The van der Waals surface area contributed by atoms with Crippen molar-refractivity contribution >= 4 is 45.0 Å². The summed E-state index contributed by atoms with van der Waals surface area (Å²) in [5.41, 5.74) is 15.6. The van der Waals surface area contributed by atoms with Gasteiger partial charge in [0.15, 0.2) is 0 Å². The predicted molar refractivity (Wildman–Crippen MR) is 254 cm³/mol. The Balaban J connectivity index is 0.923. The van der Waals surface area contributed by atoms with Gasteiger partial charge in [0, 0.05) is 28.0 Å². The standard InChI is InChI=1S/C57H40N4/c1-3-12-41(13-4-1)43-29-33-46(34-30-43)55-56(47-35-31-44(32-36-47)42-14-5-2-6-15-42)59-52-38-40(26-37-50(52)58-55)23-22-39-24-27-48(28-25-39)57-60-51-19-9-10-20-54(51)61(57)53-21-11-17-45-16-7-8-18-49(45)53/h1-14,16-38,42H,15H2/b23-22+. The number of nitrogens with zero attached hydrogens (tertiary/aromatic N) is 4. The zero-order chi connectivity index (χ0) is 40.5. The summed E-state index contributed by atoms with van der Waals surface area (Å²) in [6.07, 6.45) is 14.1. The lowest BCUT2D eigenvalue weighted by atomic mass is 9.91. The van der Waals surface area contributed by atoms with Crippen molar-refractivity contribution in [3.63, 3.8) is 0 Å². The van der Waals surface area contributed by atoms with Crippen molar-refractivity contribution in [3.05, 3.63) is 229 Å². The lowest BCUT2D eigenvalue weighted by molar-refractivity contribution is 0.854. The first kappa shape index (κ1) is 36.2. The second-order valence-corrected chi connectivity index (χ2v) is 15.6. The van der Waals surface area contributed by atoms with Crippen LogP contribution in [0, 0.1) is 0 Å². The molecule has 4 heteroatoms. The molecule has 1 aliphatic rings. The fourth-order valence-corrected chi connectivity index (χ4v) is 8.55. The Morgan fingerprint density at radius 3 is 1.90 bits per heavy atom. The third kappa shape index (κ3) is 7.04. The third-order valence-electron chi connectivity index (χ3n) is 11.8. The van der Waals surface area contributed by atoms with Crippen LogP contribution in [0.3, 0.4) is 0 Å². The first-order valence-corrected chi connectivity index (χ1v) is 20.9. The Bertz CT molecular complexity index is 3290. The van der Waals surface area contributed by atoms with Crippen molar-refractivity contribution in [1.29, 1.82) is 0 Å². The van der Waals surface area contributed by atoms with E-state index in [9.17, 15) is 0 Å². The van der Waals surface area contributed by atoms with Crippen LogP contribution in [0.5, 0.6) is 0 Å². The summed E-state index contributed by atoms with van der Waals surface area (Å²) in [6.45, 7) is 0. The first-order valence-electron chi connectivity index (χ1n) is 20.9. The van der Waals surface area contributed by atoms with Gasteiger partial charge in [-0.25, -0.2) is 15.0 Å². The minimum Gasteiger partial charge on any atom is -0.292 e. The number of aromatic nitrogens is 4. The molecule has 0 N–H and O–H groups in total. The summed E-state index contributed by atoms with van der Waals surface area (Å²) in [4.78, 5) is 15.8. The van der Waals surface area contributed by atoms with Crippen LogP contribution in [0.2, 0.25) is 0 Å². The van der Waals surface area contributed by atoms with Gasteiger partial charge in [-0.15, -0.1) is 0 Å². The van der Waals surface area contributed by atoms with Crippen LogP contribution in [0.25, 0.3) is 95.7 Å². The molecule has 11 rings (SSSR count). The molecular formula is C57H40N4. The van der Waals surface area contributed by atoms with E-state index < -0.39 is 0 Å². The Morgan fingerprint density at radius 1 is 0.459 bits per heavy atom. The van der Waals surface area contributed by atoms with E-state index in [1.165, 1.54) is 27.5 Å². The maximum atomic E-state index is 5.34. The molecule has 0 amide bonds. The Labute approximate surface area is 355 Å². The number of allylic oxidation sites excluding steroid dienone is 4. The lowest BCUT2D eigenvalue weighted by Crippen LogP contribution is -1.98. The molecule has 2 heterocycles. The van der Waals surface area contributed by atoms with E-state index in [1.807, 2.05) is 12.1 Å². The zero-order valence-electron chi connectivity index (χ0n) is 33.4. The Morgan fingerprint density at radius 2 is 1.10 bits per heavy atom. The Kier molecular flexibility index (Phi) is 9.29. The number of benzene rings is 8. The molecule has 0 bridgehead atoms. The summed E-state index contributed by atoms with van der Waals surface area (Å²) < 4.78 is 2.29. The average Bonchev–Trinajstić information content (AvgIpc) is 3.73. The van der Waals surface area contributed by atoms with Gasteiger partial charge < -0.3 is 0 Å². The molecule has 4 nitrogen and oxygen atoms in total. The monoisotopic (exact) mass is 780 g/mol. The van der Waals surface area contributed by atoms with E-state index in [1.54, 1.807) is 0 Å². The molecule has 10 aromatic rings. The van der Waals surface area contributed by atoms with Crippen molar-refractivity contribution in [2.24, 2.45) is 0 Å². The van der Waals surface area contributed by atoms with Crippen LogP contribution in [0.1, 0.15) is 29.0 Å². The highest BCUT2D eigenvalue weighted by molar-refractivity contribution is 5.94. The molecule has 1 aliphatic carbocycles. The summed E-state index contributed by atoms with van der Waals surface area (Å²) in [7, 11) is 0. The second-order valence-electron chi connectivity index (χ2n) is 15.6. The van der Waals surface area contributed by atoms with E-state index in [2.05, 4.69) is 217 Å². The zero-order valence-corrected chi connectivity index (χ0v) is 33.4. The molecule has 8 aromatic carbocycles. The van der Waals surface area contributed by atoms with Gasteiger partial charge >= 0.3 is 0 Å². The van der Waals surface area contributed by atoms with Gasteiger partial charge in [0.1, 0.15) is 5.82 Å². The second kappa shape index (κ2) is 15.7. The maximum Gasteiger partial charge on any atom is 0.145 e. The summed E-state index contributed by atoms with van der Waals surface area (Å²) in [5, 5.41) is 2.40. The van der Waals surface area contributed by atoms with Crippen LogP contribution in [-0.2, 0) is 0 Å². The smallest absolute Gasteiger partial charge is 0.145 e. The molecular weight excluding hydrogens is 741 g/mol. The number of imidazole rings is 1. The fraction of sp³-hybridized carbons (Fsp3) is 0.0351. The van der Waals surface area contributed by atoms with E-state index in [-0.39, 0.29) is 0 Å². The SMILES string of the molecule is C1=CCC(c2ccc(-c3nc4cc(/C=C/c5ccc(-c6nc7ccccc7n6-c6cccc7ccccc67)cc5)ccc4nc3-c3ccc(-c4ccccc4)cc3)cc2)C=C1. The summed E-state index contributed by atoms with van der Waals surface area (Å²) >= 11 is 0. The van der Waals surface area contributed by atoms with E-state index in [0.29, 0.717) is 5.92 Å². The number of hydrogen-bond acceptors (Lipinski definition) is 3. The third-order valence-corrected chi connectivity index (χ3v) is 11.8. The molecule has 1 unspecified atom stereocenters. The van der Waals surface area contributed by atoms with Gasteiger partial charge in [0.25, 0.3) is 0 Å². The number of para-hydroxylation sites is 2. The highest BCUT2D eigenvalue weighted by Gasteiger charge is 2.18. The summed E-state index contributed by atoms with van der Waals surface area (Å²) in [6, 6.07) is 66.4. The normalized spacial score (nSPS) is 13.8. The van der Waals surface area contributed by atoms with Crippen molar-refractivity contribution in [1.82, 2.24) is 19.5 Å². The lowest BCUT2D eigenvalue weighted by Gasteiger charge is -2.15. The molecule has 0 saturated heterocycles. The average molecular weight is 781 g/mol. The number of rotatable bonds is 8. The van der Waals surface area contributed by atoms with E-state index in [4.69, 9.17) is 15.0 Å². The van der Waals surface area contributed by atoms with Gasteiger partial charge in [-0.1, -0.05) is 194 Å². The molecule has 1 atom stereocenters. The van der Waals surface area contributed by atoms with Crippen LogP contribution in [0.4, 0.5) is 0 Å². The predicted octanol–water partition coefficient (Wildman–Crippen LogP) is 14.6. The summed E-state index contributed by atoms with van der Waals surface area (Å²) in [5.74, 6) is 1.30. The minimum absolute atomic E-state index is 0.385. The van der Waals surface area contributed by atoms with Crippen LogP contribution >= 0.6 is 0 Å². The van der Waals surface area contributed by atoms with Gasteiger partial charge in [-0.3, -0.25) is 4.57 Å². The first-order chi connectivity index (χ1) is 30.2. The van der Waals surface area contributed by atoms with Crippen LogP contribution in [-0.4, -0.2) is 19.5 Å². The Hall–Kier alpha value is -7.95. The fourth-order valence-electron chi connectivity index (χ4n) is 8.55. The quantitative estimate of drug-likeness (QED) is 0.144. The molecule has 61 heavy (non-hydrogen) atoms. The number of hydrogen-bond donors (Lipinski definition) is 0. The van der Waals surface area contributed by atoms with Crippen molar-refractivity contribution in [3.8, 4) is 50.7 Å². The molecule has 0 aliphatic heterocycles. The topological polar surface area (TPSA) is 43.6 Å². The van der Waals surface area contributed by atoms with Crippen LogP contribution < -0.4 is 0 Å². The molecule has 0 saturated carbocycles. The van der Waals surface area contributed by atoms with E-state index >= 15 is 0 Å². The highest BCUT2D eigenvalue weighted by atomic mass is 15.1. The van der Waals surface area contributed by atoms with Crippen LogP contribution in [0.15, 0.2) is 212 Å². The largest absolute Gasteiger partial charge is 0.292 e. The van der Waals surface area contributed by atoms with Gasteiger partial charge in [-0.05, 0) is 70.0 Å². The van der Waals surface area contributed by atoms with Crippen molar-refractivity contribution in [2.45, 2.75) is 12.3 Å². The maximum absolute atomic E-state index is 5.34. The van der Waals surface area contributed by atoms with Gasteiger partial charge in [0.2, 0.25) is 0 Å². The van der Waals surface area contributed by atoms with E-state index in [0.717, 1.165) is 79.2 Å². The highest BCUT2D eigenvalue weighted by Crippen LogP contribution is 2.36. The van der Waals surface area contributed by atoms with Crippen molar-refractivity contribution in [2.75, 3.05) is 0 Å². The molecule has 0 spiro atoms. The molecule has 0 radical (unpaired) electrons. The minimum atomic E-state index is 0.385.